The Morgan fingerprint density at radius 3 is 2.74 bits per heavy atom. The highest BCUT2D eigenvalue weighted by Gasteiger charge is 2.44. The maximum absolute atomic E-state index is 6.91. The molecule has 0 amide bonds. The van der Waals surface area contributed by atoms with Crippen LogP contribution in [-0.4, -0.2) is 41.1 Å². The normalized spacial score (nSPS) is 24.5. The van der Waals surface area contributed by atoms with Crippen molar-refractivity contribution in [2.45, 2.75) is 45.3 Å². The average Bonchev–Trinajstić information content (AvgIpc) is 2.91. The fraction of sp³-hybridized carbons (Fsp3) is 0.400. The molecule has 0 aliphatic carbocycles. The van der Waals surface area contributed by atoms with Crippen LogP contribution in [0.3, 0.4) is 0 Å². The van der Waals surface area contributed by atoms with Gasteiger partial charge in [-0.25, -0.2) is 4.98 Å². The van der Waals surface area contributed by atoms with E-state index in [1.807, 2.05) is 24.4 Å². The number of aryl methyl sites for hydroxylation is 1. The van der Waals surface area contributed by atoms with Crippen molar-refractivity contribution >= 4 is 21.8 Å². The summed E-state index contributed by atoms with van der Waals surface area (Å²) in [7, 11) is 1.71. The Hall–Kier alpha value is -3.18. The summed E-state index contributed by atoms with van der Waals surface area (Å²) in [5.41, 5.74) is 4.27. The number of para-hydroxylation sites is 1. The summed E-state index contributed by atoms with van der Waals surface area (Å²) in [4.78, 5) is 12.2. The number of nitrogens with zero attached hydrogens (tertiary/aromatic N) is 3. The zero-order valence-corrected chi connectivity index (χ0v) is 20.8. The molecule has 2 aromatic carbocycles. The first-order valence-corrected chi connectivity index (χ1v) is 12.8. The van der Waals surface area contributed by atoms with Gasteiger partial charge in [-0.1, -0.05) is 31.5 Å². The van der Waals surface area contributed by atoms with Crippen LogP contribution in [0.4, 0.5) is 0 Å². The Balaban J connectivity index is 1.46. The molecule has 2 aromatic heterocycles. The topological polar surface area (TPSA) is 47.5 Å². The van der Waals surface area contributed by atoms with Crippen molar-refractivity contribution in [1.82, 2.24) is 14.9 Å². The number of hydrogen-bond acceptors (Lipinski definition) is 5. The molecule has 5 nitrogen and oxygen atoms in total. The number of fused-ring (bicyclic) bond motifs is 5. The molecule has 3 unspecified atom stereocenters. The summed E-state index contributed by atoms with van der Waals surface area (Å²) in [5.74, 6) is 3.07. The minimum absolute atomic E-state index is 0.138. The van der Waals surface area contributed by atoms with Crippen LogP contribution < -0.4 is 9.47 Å². The van der Waals surface area contributed by atoms with Crippen LogP contribution in [0.5, 0.6) is 11.6 Å². The number of piperidine rings is 3. The molecule has 4 aromatic rings. The zero-order chi connectivity index (χ0) is 23.9. The number of pyridine rings is 2. The van der Waals surface area contributed by atoms with E-state index in [-0.39, 0.29) is 6.10 Å². The quantitative estimate of drug-likeness (QED) is 0.331. The number of hydrogen-bond donors (Lipinski definition) is 0. The molecule has 2 bridgehead atoms. The maximum atomic E-state index is 6.91. The summed E-state index contributed by atoms with van der Waals surface area (Å²) in [6, 6.07) is 18.9. The van der Waals surface area contributed by atoms with E-state index < -0.39 is 0 Å². The molecule has 3 saturated heterocycles. The van der Waals surface area contributed by atoms with E-state index in [2.05, 4.69) is 60.1 Å². The van der Waals surface area contributed by atoms with Gasteiger partial charge in [0.25, 0.3) is 0 Å². The lowest BCUT2D eigenvalue weighted by Gasteiger charge is -2.51. The highest BCUT2D eigenvalue weighted by molar-refractivity contribution is 5.84. The lowest BCUT2D eigenvalue weighted by Crippen LogP contribution is -2.56. The summed E-state index contributed by atoms with van der Waals surface area (Å²) in [6.45, 7) is 6.76. The molecule has 5 heterocycles. The summed E-state index contributed by atoms with van der Waals surface area (Å²) in [6.07, 6.45) is 5.47. The first-order valence-electron chi connectivity index (χ1n) is 12.8. The van der Waals surface area contributed by atoms with Crippen LogP contribution in [0.15, 0.2) is 60.8 Å². The Labute approximate surface area is 207 Å². The Morgan fingerprint density at radius 1 is 1.06 bits per heavy atom. The minimum atomic E-state index is -0.138. The van der Waals surface area contributed by atoms with Crippen molar-refractivity contribution < 1.29 is 9.47 Å². The molecule has 3 aliphatic heterocycles. The van der Waals surface area contributed by atoms with E-state index >= 15 is 0 Å². The second kappa shape index (κ2) is 9.12. The average molecular weight is 468 g/mol. The maximum Gasteiger partial charge on any atom is 0.214 e. The Bertz CT molecular complexity index is 1370. The summed E-state index contributed by atoms with van der Waals surface area (Å²) >= 11 is 0. The monoisotopic (exact) mass is 467 g/mol. The fourth-order valence-corrected chi connectivity index (χ4v) is 6.34. The smallest absolute Gasteiger partial charge is 0.214 e. The van der Waals surface area contributed by atoms with Gasteiger partial charge >= 0.3 is 0 Å². The SMILES string of the molecule is CCC1CN2CC[C@H]1C[C@@H]2C(Oc1cc(C)c2ccccc2n1)c1ccnc2ccc(OC)cc12. The predicted octanol–water partition coefficient (Wildman–Crippen LogP) is 6.34. The minimum Gasteiger partial charge on any atom is -0.497 e. The highest BCUT2D eigenvalue weighted by atomic mass is 16.5. The van der Waals surface area contributed by atoms with E-state index in [9.17, 15) is 0 Å². The van der Waals surface area contributed by atoms with Crippen molar-refractivity contribution in [1.29, 1.82) is 0 Å². The molecule has 3 aliphatic rings. The molecule has 5 heteroatoms. The van der Waals surface area contributed by atoms with Crippen molar-refractivity contribution in [3.05, 3.63) is 71.9 Å². The van der Waals surface area contributed by atoms with Crippen LogP contribution in [-0.2, 0) is 0 Å². The van der Waals surface area contributed by atoms with Gasteiger partial charge in [-0.3, -0.25) is 9.88 Å². The predicted molar refractivity (Wildman–Crippen MR) is 140 cm³/mol. The van der Waals surface area contributed by atoms with Crippen LogP contribution in [0.1, 0.15) is 43.4 Å². The van der Waals surface area contributed by atoms with Crippen LogP contribution in [0.2, 0.25) is 0 Å². The molecule has 5 atom stereocenters. The number of rotatable bonds is 6. The number of ether oxygens (including phenoxy) is 2. The van der Waals surface area contributed by atoms with E-state index in [0.29, 0.717) is 11.9 Å². The molecule has 180 valence electrons. The van der Waals surface area contributed by atoms with Gasteiger partial charge in [0.05, 0.1) is 24.2 Å². The lowest BCUT2D eigenvalue weighted by atomic mass is 9.72. The van der Waals surface area contributed by atoms with Gasteiger partial charge in [0.2, 0.25) is 5.88 Å². The van der Waals surface area contributed by atoms with Gasteiger partial charge in [0.15, 0.2) is 0 Å². The zero-order valence-electron chi connectivity index (χ0n) is 20.8. The molecule has 0 saturated carbocycles. The second-order valence-corrected chi connectivity index (χ2v) is 10.1. The van der Waals surface area contributed by atoms with Gasteiger partial charge in [-0.15, -0.1) is 0 Å². The lowest BCUT2D eigenvalue weighted by molar-refractivity contribution is -0.0492. The van der Waals surface area contributed by atoms with Gasteiger partial charge in [0.1, 0.15) is 11.9 Å². The second-order valence-electron chi connectivity index (χ2n) is 10.1. The number of benzene rings is 2. The highest BCUT2D eigenvalue weighted by Crippen LogP contribution is 2.44. The molecular formula is C30H33N3O2. The van der Waals surface area contributed by atoms with Gasteiger partial charge in [-0.05, 0) is 74.0 Å². The van der Waals surface area contributed by atoms with Gasteiger partial charge < -0.3 is 9.47 Å². The van der Waals surface area contributed by atoms with Crippen molar-refractivity contribution in [2.24, 2.45) is 11.8 Å². The van der Waals surface area contributed by atoms with Crippen molar-refractivity contribution in [2.75, 3.05) is 20.2 Å². The first-order chi connectivity index (χ1) is 17.1. The Kier molecular flexibility index (Phi) is 5.81. The van der Waals surface area contributed by atoms with E-state index in [1.165, 1.54) is 23.8 Å². The molecule has 0 radical (unpaired) electrons. The first kappa shape index (κ1) is 22.3. The van der Waals surface area contributed by atoms with Crippen molar-refractivity contribution in [3.63, 3.8) is 0 Å². The summed E-state index contributed by atoms with van der Waals surface area (Å²) in [5, 5.41) is 2.26. The molecular weight excluding hydrogens is 434 g/mol. The van der Waals surface area contributed by atoms with Crippen molar-refractivity contribution in [3.8, 4) is 11.6 Å². The largest absolute Gasteiger partial charge is 0.497 e. The van der Waals surface area contributed by atoms with Crippen LogP contribution >= 0.6 is 0 Å². The Morgan fingerprint density at radius 2 is 1.94 bits per heavy atom. The molecule has 35 heavy (non-hydrogen) atoms. The molecule has 0 spiro atoms. The third kappa shape index (κ3) is 4.02. The van der Waals surface area contributed by atoms with Crippen LogP contribution in [0.25, 0.3) is 21.8 Å². The van der Waals surface area contributed by atoms with E-state index in [0.717, 1.165) is 59.1 Å². The molecule has 0 N–H and O–H groups in total. The third-order valence-electron chi connectivity index (χ3n) is 8.25. The molecule has 3 fully saturated rings. The fourth-order valence-electron chi connectivity index (χ4n) is 6.34. The standard InChI is InChI=1S/C30H33N3O2/c1-4-20-18-33-14-12-21(20)16-28(33)30(24-11-13-31-26-10-9-22(34-3)17-25(24)26)35-29-15-19(2)23-7-5-6-8-27(23)32-29/h5-11,13,15,17,20-21,28,30H,4,12,14,16,18H2,1-3H3/t20?,21-,28+,30?/m0/s1. The van der Waals surface area contributed by atoms with Crippen LogP contribution in [0, 0.1) is 18.8 Å². The van der Waals surface area contributed by atoms with E-state index in [4.69, 9.17) is 14.5 Å². The van der Waals surface area contributed by atoms with Gasteiger partial charge in [-0.2, -0.15) is 0 Å². The molecule has 7 rings (SSSR count). The number of methoxy groups -OCH3 is 1. The van der Waals surface area contributed by atoms with Gasteiger partial charge in [0, 0.05) is 35.1 Å². The van der Waals surface area contributed by atoms with E-state index in [1.54, 1.807) is 7.11 Å². The number of aromatic nitrogens is 2. The third-order valence-corrected chi connectivity index (χ3v) is 8.25. The summed E-state index contributed by atoms with van der Waals surface area (Å²) < 4.78 is 12.5.